The number of halogens is 1. The molecule has 28 heavy (non-hydrogen) atoms. The van der Waals surface area contributed by atoms with Crippen LogP contribution in [-0.2, 0) is 13.0 Å². The number of pyridine rings is 1. The van der Waals surface area contributed by atoms with Crippen molar-refractivity contribution in [2.24, 2.45) is 0 Å². The molecule has 146 valence electrons. The van der Waals surface area contributed by atoms with Gasteiger partial charge in [0, 0.05) is 32.3 Å². The largest absolute Gasteiger partial charge is 0.357 e. The van der Waals surface area contributed by atoms with Crippen LogP contribution in [0.3, 0.4) is 0 Å². The molecule has 0 radical (unpaired) electrons. The molecular weight excluding hydrogens is 373 g/mol. The smallest absolute Gasteiger partial charge is 0.205 e. The van der Waals surface area contributed by atoms with Crippen molar-refractivity contribution in [1.82, 2.24) is 15.2 Å². The highest BCUT2D eigenvalue weighted by atomic mass is 32.1. The summed E-state index contributed by atoms with van der Waals surface area (Å²) < 4.78 is 13.0. The van der Waals surface area contributed by atoms with Crippen molar-refractivity contribution in [2.75, 3.05) is 23.3 Å². The van der Waals surface area contributed by atoms with Crippen LogP contribution in [0, 0.1) is 5.82 Å². The van der Waals surface area contributed by atoms with Crippen molar-refractivity contribution >= 4 is 22.3 Å². The van der Waals surface area contributed by atoms with Crippen molar-refractivity contribution < 1.29 is 4.39 Å². The second kappa shape index (κ2) is 9.10. The fraction of sp³-hybridized carbons (Fsp3) is 0.381. The second-order valence-corrected chi connectivity index (χ2v) is 8.15. The first-order chi connectivity index (χ1) is 13.8. The summed E-state index contributed by atoms with van der Waals surface area (Å²) in [5.41, 5.74) is 2.14. The number of rotatable bonds is 6. The lowest BCUT2D eigenvalue weighted by Crippen LogP contribution is -2.24. The molecule has 7 heteroatoms. The molecule has 1 saturated heterocycles. The van der Waals surface area contributed by atoms with E-state index in [4.69, 9.17) is 0 Å². The standard InChI is InChI=1S/C21H24FN5S/c22-18-8-5-16(6-9-18)13-20-25-26-21(28-20)24-15-17-7-10-19(23-14-17)27-11-3-1-2-4-12-27/h5-10,14H,1-4,11-13,15H2,(H,24,26). The zero-order chi connectivity index (χ0) is 19.2. The molecule has 0 spiro atoms. The van der Waals surface area contributed by atoms with Crippen LogP contribution in [0.15, 0.2) is 42.6 Å². The number of anilines is 2. The van der Waals surface area contributed by atoms with E-state index in [1.807, 2.05) is 6.20 Å². The molecule has 2 aromatic heterocycles. The van der Waals surface area contributed by atoms with Crippen LogP contribution >= 0.6 is 11.3 Å². The van der Waals surface area contributed by atoms with Crippen molar-refractivity contribution in [3.63, 3.8) is 0 Å². The first-order valence-electron chi connectivity index (χ1n) is 9.77. The van der Waals surface area contributed by atoms with Crippen LogP contribution in [0.2, 0.25) is 0 Å². The van der Waals surface area contributed by atoms with E-state index < -0.39 is 0 Å². The molecule has 0 atom stereocenters. The van der Waals surface area contributed by atoms with E-state index >= 15 is 0 Å². The first-order valence-corrected chi connectivity index (χ1v) is 10.6. The zero-order valence-corrected chi connectivity index (χ0v) is 16.6. The molecule has 0 aliphatic carbocycles. The summed E-state index contributed by atoms with van der Waals surface area (Å²) in [5.74, 6) is 0.849. The molecule has 3 heterocycles. The molecule has 5 nitrogen and oxygen atoms in total. The molecule has 0 saturated carbocycles. The van der Waals surface area contributed by atoms with Gasteiger partial charge in [-0.2, -0.15) is 0 Å². The highest BCUT2D eigenvalue weighted by molar-refractivity contribution is 7.15. The summed E-state index contributed by atoms with van der Waals surface area (Å²) in [6.45, 7) is 2.87. The van der Waals surface area contributed by atoms with Gasteiger partial charge in [-0.1, -0.05) is 42.4 Å². The van der Waals surface area contributed by atoms with Gasteiger partial charge in [0.1, 0.15) is 16.6 Å². The van der Waals surface area contributed by atoms with Crippen LogP contribution < -0.4 is 10.2 Å². The lowest BCUT2D eigenvalue weighted by Gasteiger charge is -2.21. The van der Waals surface area contributed by atoms with Gasteiger partial charge in [0.05, 0.1) is 0 Å². The number of benzene rings is 1. The fourth-order valence-corrected chi connectivity index (χ4v) is 4.13. The van der Waals surface area contributed by atoms with Gasteiger partial charge in [-0.3, -0.25) is 0 Å². The molecule has 0 bridgehead atoms. The quantitative estimate of drug-likeness (QED) is 0.656. The van der Waals surface area contributed by atoms with E-state index in [1.165, 1.54) is 49.2 Å². The Morgan fingerprint density at radius 1 is 0.929 bits per heavy atom. The van der Waals surface area contributed by atoms with Crippen LogP contribution in [0.1, 0.15) is 41.8 Å². The van der Waals surface area contributed by atoms with E-state index in [2.05, 4.69) is 37.5 Å². The summed E-state index contributed by atoms with van der Waals surface area (Å²) in [7, 11) is 0. The Hall–Kier alpha value is -2.54. The monoisotopic (exact) mass is 397 g/mol. The van der Waals surface area contributed by atoms with Crippen LogP contribution in [0.5, 0.6) is 0 Å². The molecule has 1 aromatic carbocycles. The molecule has 1 aliphatic rings. The number of nitrogens with one attached hydrogen (secondary N) is 1. The van der Waals surface area contributed by atoms with Gasteiger partial charge in [-0.25, -0.2) is 9.37 Å². The van der Waals surface area contributed by atoms with Gasteiger partial charge < -0.3 is 10.2 Å². The topological polar surface area (TPSA) is 53.9 Å². The Kier molecular flexibility index (Phi) is 6.11. The Labute approximate surface area is 168 Å². The van der Waals surface area contributed by atoms with E-state index in [-0.39, 0.29) is 5.82 Å². The minimum Gasteiger partial charge on any atom is -0.357 e. The van der Waals surface area contributed by atoms with Gasteiger partial charge >= 0.3 is 0 Å². The first kappa shape index (κ1) is 18.8. The van der Waals surface area contributed by atoms with Gasteiger partial charge in [0.25, 0.3) is 0 Å². The number of hydrogen-bond acceptors (Lipinski definition) is 6. The Morgan fingerprint density at radius 2 is 1.68 bits per heavy atom. The number of nitrogens with zero attached hydrogens (tertiary/aromatic N) is 4. The van der Waals surface area contributed by atoms with Gasteiger partial charge in [0.2, 0.25) is 5.13 Å². The normalized spacial score (nSPS) is 14.7. The SMILES string of the molecule is Fc1ccc(Cc2nnc(NCc3ccc(N4CCCCCC4)nc3)s2)cc1. The molecular formula is C21H24FN5S. The minimum atomic E-state index is -0.223. The maximum absolute atomic E-state index is 13.0. The fourth-order valence-electron chi connectivity index (χ4n) is 3.36. The average molecular weight is 398 g/mol. The van der Waals surface area contributed by atoms with Crippen molar-refractivity contribution in [3.05, 3.63) is 64.5 Å². The van der Waals surface area contributed by atoms with Crippen molar-refractivity contribution in [2.45, 2.75) is 38.6 Å². The lowest BCUT2D eigenvalue weighted by molar-refractivity contribution is 0.627. The summed E-state index contributed by atoms with van der Waals surface area (Å²) in [5, 5.41) is 13.4. The molecule has 1 fully saturated rings. The molecule has 4 rings (SSSR count). The van der Waals surface area contributed by atoms with Crippen LogP contribution in [-0.4, -0.2) is 28.3 Å². The summed E-state index contributed by atoms with van der Waals surface area (Å²) in [4.78, 5) is 7.03. The van der Waals surface area contributed by atoms with Gasteiger partial charge in [0.15, 0.2) is 0 Å². The third-order valence-corrected chi connectivity index (χ3v) is 5.80. The van der Waals surface area contributed by atoms with E-state index in [0.717, 1.165) is 40.2 Å². The second-order valence-electron chi connectivity index (χ2n) is 7.08. The molecule has 0 amide bonds. The molecule has 3 aromatic rings. The summed E-state index contributed by atoms with van der Waals surface area (Å²) in [6, 6.07) is 10.7. The maximum Gasteiger partial charge on any atom is 0.205 e. The Balaban J connectivity index is 1.30. The van der Waals surface area contributed by atoms with E-state index in [1.54, 1.807) is 12.1 Å². The predicted molar refractivity (Wildman–Crippen MR) is 111 cm³/mol. The van der Waals surface area contributed by atoms with Crippen molar-refractivity contribution in [1.29, 1.82) is 0 Å². The highest BCUT2D eigenvalue weighted by Gasteiger charge is 2.11. The van der Waals surface area contributed by atoms with Crippen molar-refractivity contribution in [3.8, 4) is 0 Å². The van der Waals surface area contributed by atoms with E-state index in [0.29, 0.717) is 13.0 Å². The minimum absolute atomic E-state index is 0.223. The third kappa shape index (κ3) is 5.04. The van der Waals surface area contributed by atoms with Crippen LogP contribution in [0.25, 0.3) is 0 Å². The average Bonchev–Trinajstić information content (AvgIpc) is 2.99. The highest BCUT2D eigenvalue weighted by Crippen LogP contribution is 2.21. The van der Waals surface area contributed by atoms with Crippen LogP contribution in [0.4, 0.5) is 15.3 Å². The summed E-state index contributed by atoms with van der Waals surface area (Å²) >= 11 is 1.52. The number of hydrogen-bond donors (Lipinski definition) is 1. The maximum atomic E-state index is 13.0. The lowest BCUT2D eigenvalue weighted by atomic mass is 10.2. The molecule has 1 N–H and O–H groups in total. The third-order valence-electron chi connectivity index (χ3n) is 4.92. The Morgan fingerprint density at radius 3 is 2.39 bits per heavy atom. The number of aromatic nitrogens is 3. The van der Waals surface area contributed by atoms with Gasteiger partial charge in [-0.15, -0.1) is 10.2 Å². The molecule has 0 unspecified atom stereocenters. The molecule has 1 aliphatic heterocycles. The zero-order valence-electron chi connectivity index (χ0n) is 15.8. The van der Waals surface area contributed by atoms with Gasteiger partial charge in [-0.05, 0) is 42.2 Å². The summed E-state index contributed by atoms with van der Waals surface area (Å²) in [6.07, 6.45) is 7.75. The predicted octanol–water partition coefficient (Wildman–Crippen LogP) is 4.66. The van der Waals surface area contributed by atoms with E-state index in [9.17, 15) is 4.39 Å². The Bertz CT molecular complexity index is 871.